The van der Waals surface area contributed by atoms with E-state index in [1.165, 1.54) is 37.6 Å². The van der Waals surface area contributed by atoms with Crippen molar-refractivity contribution in [3.05, 3.63) is 111 Å². The number of aromatic nitrogens is 2. The van der Waals surface area contributed by atoms with Crippen LogP contribution in [0.4, 0.5) is 27.6 Å². The minimum atomic E-state index is -5.08. The number of nitrogens with zero attached hydrogens (tertiary/aromatic N) is 3. The van der Waals surface area contributed by atoms with Crippen molar-refractivity contribution in [2.45, 2.75) is 63.1 Å². The number of carboxylic acids is 1. The van der Waals surface area contributed by atoms with E-state index in [1.807, 2.05) is 0 Å². The Morgan fingerprint density at radius 1 is 0.984 bits per heavy atom. The van der Waals surface area contributed by atoms with Crippen molar-refractivity contribution in [1.82, 2.24) is 9.88 Å². The molecule has 4 fully saturated rings. The summed E-state index contributed by atoms with van der Waals surface area (Å²) in [5, 5.41) is 22.4. The van der Waals surface area contributed by atoms with Gasteiger partial charge >= 0.3 is 30.7 Å². The summed E-state index contributed by atoms with van der Waals surface area (Å²) in [6.45, 7) is -0.132. The number of fused-ring (bicyclic) bond motifs is 3. The average molecular weight is 928 g/mol. The van der Waals surface area contributed by atoms with Crippen LogP contribution in [0.15, 0.2) is 73.2 Å². The highest BCUT2D eigenvalue weighted by Crippen LogP contribution is 2.39. The van der Waals surface area contributed by atoms with Gasteiger partial charge in [-0.15, -0.1) is 0 Å². The predicted octanol–water partition coefficient (Wildman–Crippen LogP) is 7.99. The fraction of sp³-hybridized carbons (Fsp3) is 0.405. The molecule has 0 radical (unpaired) electrons. The van der Waals surface area contributed by atoms with Gasteiger partial charge in [0.2, 0.25) is 5.88 Å². The van der Waals surface area contributed by atoms with Gasteiger partial charge in [-0.05, 0) is 92.6 Å². The van der Waals surface area contributed by atoms with Gasteiger partial charge < -0.3 is 39.3 Å². The molecule has 63 heavy (non-hydrogen) atoms. The van der Waals surface area contributed by atoms with Crippen LogP contribution in [0.3, 0.4) is 0 Å². The number of halogens is 7. The number of rotatable bonds is 16. The van der Waals surface area contributed by atoms with E-state index in [2.05, 4.69) is 15.2 Å². The Labute approximate surface area is 367 Å². The second-order valence-corrected chi connectivity index (χ2v) is 15.8. The summed E-state index contributed by atoms with van der Waals surface area (Å²) in [5.74, 6) is -3.16. The summed E-state index contributed by atoms with van der Waals surface area (Å²) in [6, 6.07) is 13.1. The Balaban J connectivity index is 0.000000871. The van der Waals surface area contributed by atoms with Crippen LogP contribution in [0.1, 0.15) is 64.9 Å². The zero-order chi connectivity index (χ0) is 45.4. The van der Waals surface area contributed by atoms with Crippen LogP contribution in [0.5, 0.6) is 17.4 Å². The zero-order valence-electron chi connectivity index (χ0n) is 33.4. The first-order chi connectivity index (χ1) is 30.0. The molecule has 3 saturated heterocycles. The van der Waals surface area contributed by atoms with E-state index in [0.717, 1.165) is 51.2 Å². The minimum Gasteiger partial charge on any atom is -0.619 e. The van der Waals surface area contributed by atoms with Gasteiger partial charge in [-0.25, -0.2) is 19.4 Å². The average Bonchev–Trinajstić information content (AvgIpc) is 4.08. The molecule has 8 rings (SSSR count). The van der Waals surface area contributed by atoms with Gasteiger partial charge in [0.15, 0.2) is 29.9 Å². The standard InChI is InChI=1S/C40H40Cl2F2N4O8.C2HF3O2/c1-52-36-10-8-27(18-45-36)37(39(50)55-35-21-47-13-11-24(35)12-14-47)46-28-4-2-3-26(15-28)38(49)54-33(17-29-30(41)19-48(51)20-31(29)42)25-7-9-32(56-40(43)44)34(16-25)53-22-23-5-6-23;3-2(4,5)1(6)7/h2-4,7-10,15-16,18-20,23-24,33,35,37,40,46H,5-6,11-14,17,21-22H2,1H3;(H,6,7)/t33-,35-,37?;/m0./s1. The number of nitrogens with one attached hydrogen (secondary N) is 1. The summed E-state index contributed by atoms with van der Waals surface area (Å²) >= 11 is 12.9. The first-order valence-electron chi connectivity index (χ1n) is 19.6. The zero-order valence-corrected chi connectivity index (χ0v) is 34.9. The summed E-state index contributed by atoms with van der Waals surface area (Å²) in [6.07, 6.45) is 1.14. The van der Waals surface area contributed by atoms with E-state index >= 15 is 0 Å². The number of alkyl halides is 5. The summed E-state index contributed by atoms with van der Waals surface area (Å²) in [7, 11) is 1.50. The molecule has 4 aliphatic rings. The molecule has 2 aromatic carbocycles. The van der Waals surface area contributed by atoms with E-state index < -0.39 is 42.8 Å². The lowest BCUT2D eigenvalue weighted by Crippen LogP contribution is -2.52. The van der Waals surface area contributed by atoms with Gasteiger partial charge in [-0.2, -0.15) is 26.7 Å². The van der Waals surface area contributed by atoms with Crippen LogP contribution in [0.25, 0.3) is 0 Å². The lowest BCUT2D eigenvalue weighted by molar-refractivity contribution is -0.605. The van der Waals surface area contributed by atoms with Crippen LogP contribution in [-0.2, 0) is 25.5 Å². The SMILES string of the molecule is COc1ccc(C(Nc2cccc(C(=O)O[C@@H](Cc3c(Cl)c[n+]([O-])cc3Cl)c3ccc(OC(F)F)c(OCC4CC4)c3)c2)C(=O)O[C@H]2CN3CCC2CC3)cn1.O=C(O)C(F)(F)F. The van der Waals surface area contributed by atoms with Crippen LogP contribution < -0.4 is 24.3 Å². The molecule has 21 heteroatoms. The quantitative estimate of drug-likeness (QED) is 0.0480. The number of hydrogen-bond donors (Lipinski definition) is 2. The van der Waals surface area contributed by atoms with Crippen LogP contribution in [0.2, 0.25) is 10.0 Å². The fourth-order valence-corrected chi connectivity index (χ4v) is 7.58. The molecule has 2 aromatic heterocycles. The number of anilines is 1. The Morgan fingerprint density at radius 2 is 1.67 bits per heavy atom. The van der Waals surface area contributed by atoms with Crippen molar-refractivity contribution in [2.24, 2.45) is 11.8 Å². The van der Waals surface area contributed by atoms with E-state index in [0.29, 0.717) is 58.0 Å². The third-order valence-electron chi connectivity index (χ3n) is 10.5. The lowest BCUT2D eigenvalue weighted by atomic mass is 9.86. The van der Waals surface area contributed by atoms with E-state index in [9.17, 15) is 36.7 Å². The molecule has 0 amide bonds. The molecule has 3 aliphatic heterocycles. The number of ether oxygens (including phenoxy) is 5. The van der Waals surface area contributed by atoms with Crippen molar-refractivity contribution in [1.29, 1.82) is 0 Å². The summed E-state index contributed by atoms with van der Waals surface area (Å²) < 4.78 is 86.8. The topological polar surface area (TPSA) is 173 Å². The van der Waals surface area contributed by atoms with Gasteiger partial charge in [0.05, 0.1) is 19.3 Å². The largest absolute Gasteiger partial charge is 0.619 e. The number of carbonyl (C=O) groups excluding carboxylic acids is 2. The molecule has 5 heterocycles. The van der Waals surface area contributed by atoms with Gasteiger partial charge in [-0.3, -0.25) is 4.90 Å². The summed E-state index contributed by atoms with van der Waals surface area (Å²) in [4.78, 5) is 43.3. The van der Waals surface area contributed by atoms with Gasteiger partial charge in [0.25, 0.3) is 0 Å². The Morgan fingerprint density at radius 3 is 2.24 bits per heavy atom. The maximum absolute atomic E-state index is 14.0. The normalized spacial score (nSPS) is 18.9. The van der Waals surface area contributed by atoms with Crippen molar-refractivity contribution in [3.8, 4) is 17.4 Å². The predicted molar refractivity (Wildman–Crippen MR) is 215 cm³/mol. The molecule has 0 spiro atoms. The Bertz CT molecular complexity index is 2220. The van der Waals surface area contributed by atoms with Crippen LogP contribution in [-0.4, -0.2) is 85.1 Å². The van der Waals surface area contributed by atoms with Crippen LogP contribution in [0, 0.1) is 17.0 Å². The number of esters is 2. The monoisotopic (exact) mass is 926 g/mol. The Kier molecular flexibility index (Phi) is 15.4. The van der Waals surface area contributed by atoms with Crippen molar-refractivity contribution in [2.75, 3.05) is 38.7 Å². The fourth-order valence-electron chi connectivity index (χ4n) is 6.98. The van der Waals surface area contributed by atoms with Gasteiger partial charge in [0, 0.05) is 42.0 Å². The molecule has 14 nitrogen and oxygen atoms in total. The maximum atomic E-state index is 14.0. The van der Waals surface area contributed by atoms with Crippen LogP contribution >= 0.6 is 23.2 Å². The maximum Gasteiger partial charge on any atom is 0.490 e. The van der Waals surface area contributed by atoms with E-state index in [4.69, 9.17) is 56.8 Å². The third-order valence-corrected chi connectivity index (χ3v) is 11.1. The third kappa shape index (κ3) is 13.0. The highest BCUT2D eigenvalue weighted by Gasteiger charge is 2.39. The number of aliphatic carboxylic acids is 1. The first-order valence-corrected chi connectivity index (χ1v) is 20.3. The summed E-state index contributed by atoms with van der Waals surface area (Å²) in [5.41, 5.74) is 1.76. The van der Waals surface area contributed by atoms with Crippen molar-refractivity contribution in [3.63, 3.8) is 0 Å². The molecule has 4 aromatic rings. The number of carboxylic acid groups (broad SMARTS) is 1. The molecule has 3 atom stereocenters. The number of piperidine rings is 3. The lowest BCUT2D eigenvalue weighted by Gasteiger charge is -2.44. The van der Waals surface area contributed by atoms with Gasteiger partial charge in [-0.1, -0.05) is 35.3 Å². The number of pyridine rings is 2. The van der Waals surface area contributed by atoms with E-state index in [-0.39, 0.29) is 39.6 Å². The van der Waals surface area contributed by atoms with E-state index in [1.54, 1.807) is 30.3 Å². The molecule has 2 N–H and O–H groups in total. The first kappa shape index (κ1) is 46.8. The molecular weight excluding hydrogens is 886 g/mol. The number of hydrogen-bond acceptors (Lipinski definition) is 12. The van der Waals surface area contributed by atoms with Crippen molar-refractivity contribution >= 4 is 46.8 Å². The molecule has 338 valence electrons. The Hall–Kier alpha value is -5.66. The molecule has 1 saturated carbocycles. The highest BCUT2D eigenvalue weighted by atomic mass is 35.5. The number of benzene rings is 2. The minimum absolute atomic E-state index is 0.0341. The van der Waals surface area contributed by atoms with Crippen molar-refractivity contribution < 1.29 is 69.9 Å². The number of methoxy groups -OCH3 is 1. The molecule has 2 bridgehead atoms. The second kappa shape index (κ2) is 20.7. The van der Waals surface area contributed by atoms with Gasteiger partial charge in [0.1, 0.15) is 22.3 Å². The highest BCUT2D eigenvalue weighted by molar-refractivity contribution is 6.35. The second-order valence-electron chi connectivity index (χ2n) is 14.9. The molecular formula is C42H41Cl2F5N4O10. The smallest absolute Gasteiger partial charge is 0.490 e. The molecule has 1 unspecified atom stereocenters. The molecule has 1 aliphatic carbocycles. The number of carbonyl (C=O) groups is 3.